The van der Waals surface area contributed by atoms with Crippen LogP contribution >= 0.6 is 0 Å². The number of benzene rings is 1. The predicted molar refractivity (Wildman–Crippen MR) is 65.9 cm³/mol. The van der Waals surface area contributed by atoms with E-state index < -0.39 is 0 Å². The summed E-state index contributed by atoms with van der Waals surface area (Å²) in [4.78, 5) is 12.8. The molecule has 2 rings (SSSR count). The summed E-state index contributed by atoms with van der Waals surface area (Å²) < 4.78 is 0. The summed E-state index contributed by atoms with van der Waals surface area (Å²) in [6.07, 6.45) is 1.46. The minimum absolute atomic E-state index is 0.512. The molecule has 0 saturated carbocycles. The Hall–Kier alpha value is -1.35. The van der Waals surface area contributed by atoms with Crippen LogP contribution in [0.1, 0.15) is 12.5 Å². The van der Waals surface area contributed by atoms with Crippen molar-refractivity contribution in [3.63, 3.8) is 0 Å². The highest BCUT2D eigenvalue weighted by Crippen LogP contribution is 2.16. The number of aldehydes is 1. The van der Waals surface area contributed by atoms with E-state index in [0.717, 1.165) is 31.5 Å². The summed E-state index contributed by atoms with van der Waals surface area (Å²) in [5.41, 5.74) is 2.34. The molecule has 0 aliphatic carbocycles. The zero-order valence-corrected chi connectivity index (χ0v) is 9.65. The number of hydrogen-bond donors (Lipinski definition) is 1. The van der Waals surface area contributed by atoms with Crippen LogP contribution in [0.4, 0.5) is 5.69 Å². The average molecular weight is 218 g/mol. The smallest absolute Gasteiger partial charge is 0.124 e. The monoisotopic (exact) mass is 218 g/mol. The zero-order valence-electron chi connectivity index (χ0n) is 9.65. The van der Waals surface area contributed by atoms with Gasteiger partial charge in [0, 0.05) is 37.8 Å². The fourth-order valence-corrected chi connectivity index (χ4v) is 2.11. The number of nitrogens with zero attached hydrogens (tertiary/aromatic N) is 1. The van der Waals surface area contributed by atoms with Gasteiger partial charge in [-0.15, -0.1) is 0 Å². The molecule has 0 amide bonds. The summed E-state index contributed by atoms with van der Waals surface area (Å²) >= 11 is 0. The average Bonchev–Trinajstić information content (AvgIpc) is 2.30. The lowest BCUT2D eigenvalue weighted by Crippen LogP contribution is -2.49. The number of nitrogens with one attached hydrogen (secondary N) is 1. The molecule has 1 saturated heterocycles. The van der Waals surface area contributed by atoms with E-state index in [0.29, 0.717) is 12.5 Å². The van der Waals surface area contributed by atoms with E-state index in [2.05, 4.69) is 29.3 Å². The molecule has 1 fully saturated rings. The molecule has 1 heterocycles. The first-order valence-corrected chi connectivity index (χ1v) is 5.80. The second-order valence-electron chi connectivity index (χ2n) is 4.34. The Morgan fingerprint density at radius 2 is 2.19 bits per heavy atom. The summed E-state index contributed by atoms with van der Waals surface area (Å²) in [7, 11) is 0. The zero-order chi connectivity index (χ0) is 11.4. The molecule has 16 heavy (non-hydrogen) atoms. The summed E-state index contributed by atoms with van der Waals surface area (Å²) in [5, 5.41) is 3.43. The molecule has 0 bridgehead atoms. The molecule has 0 unspecified atom stereocenters. The molecule has 1 aliphatic rings. The van der Waals surface area contributed by atoms with Gasteiger partial charge in [0.15, 0.2) is 0 Å². The normalized spacial score (nSPS) is 20.8. The molecule has 3 nitrogen and oxygen atoms in total. The first-order valence-electron chi connectivity index (χ1n) is 5.80. The van der Waals surface area contributed by atoms with Crippen molar-refractivity contribution in [2.75, 3.05) is 24.5 Å². The van der Waals surface area contributed by atoms with Gasteiger partial charge in [-0.25, -0.2) is 0 Å². The van der Waals surface area contributed by atoms with Crippen molar-refractivity contribution in [1.29, 1.82) is 0 Å². The maximum atomic E-state index is 10.4. The Labute approximate surface area is 96.5 Å². The maximum absolute atomic E-state index is 10.4. The van der Waals surface area contributed by atoms with E-state index in [1.165, 1.54) is 5.69 Å². The van der Waals surface area contributed by atoms with Gasteiger partial charge in [0.2, 0.25) is 0 Å². The van der Waals surface area contributed by atoms with Gasteiger partial charge in [-0.2, -0.15) is 0 Å². The molecule has 3 heteroatoms. The summed E-state index contributed by atoms with van der Waals surface area (Å²) in [6.45, 7) is 5.34. The van der Waals surface area contributed by atoms with E-state index in [1.807, 2.05) is 12.1 Å². The third kappa shape index (κ3) is 2.61. The van der Waals surface area contributed by atoms with Crippen LogP contribution in [0.2, 0.25) is 0 Å². The van der Waals surface area contributed by atoms with E-state index >= 15 is 0 Å². The Morgan fingerprint density at radius 1 is 1.44 bits per heavy atom. The van der Waals surface area contributed by atoms with E-state index in [9.17, 15) is 4.79 Å². The van der Waals surface area contributed by atoms with Gasteiger partial charge in [0.25, 0.3) is 0 Å². The van der Waals surface area contributed by atoms with Crippen molar-refractivity contribution < 1.29 is 4.79 Å². The Bertz CT molecular complexity index is 347. The van der Waals surface area contributed by atoms with Crippen LogP contribution in [0.5, 0.6) is 0 Å². The van der Waals surface area contributed by atoms with Crippen molar-refractivity contribution >= 4 is 12.0 Å². The van der Waals surface area contributed by atoms with Crippen molar-refractivity contribution in [1.82, 2.24) is 5.32 Å². The quantitative estimate of drug-likeness (QED) is 0.774. The van der Waals surface area contributed by atoms with Gasteiger partial charge in [0.05, 0.1) is 0 Å². The van der Waals surface area contributed by atoms with Gasteiger partial charge >= 0.3 is 0 Å². The number of carbonyl (C=O) groups is 1. The Kier molecular flexibility index (Phi) is 3.57. The van der Waals surface area contributed by atoms with E-state index in [1.54, 1.807) is 0 Å². The van der Waals surface area contributed by atoms with Crippen molar-refractivity contribution in [2.24, 2.45) is 0 Å². The second-order valence-corrected chi connectivity index (χ2v) is 4.34. The fraction of sp³-hybridized carbons (Fsp3) is 0.462. The maximum Gasteiger partial charge on any atom is 0.124 e. The molecular formula is C13H18N2O. The lowest BCUT2D eigenvalue weighted by molar-refractivity contribution is -0.107. The van der Waals surface area contributed by atoms with Crippen LogP contribution in [0, 0.1) is 0 Å². The standard InChI is InChI=1S/C13H18N2O/c1-11-10-15(8-7-14-11)13-4-2-12(3-5-13)6-9-16/h2-5,9,11,14H,6-8,10H2,1H3/t11-/m1/s1. The summed E-state index contributed by atoms with van der Waals surface area (Å²) in [6, 6.07) is 8.84. The van der Waals surface area contributed by atoms with Gasteiger partial charge in [-0.05, 0) is 24.6 Å². The minimum Gasteiger partial charge on any atom is -0.369 e. The van der Waals surface area contributed by atoms with Crippen molar-refractivity contribution in [3.8, 4) is 0 Å². The molecule has 86 valence electrons. The van der Waals surface area contributed by atoms with Crippen LogP contribution in [-0.4, -0.2) is 32.0 Å². The van der Waals surface area contributed by atoms with Gasteiger partial charge in [0.1, 0.15) is 6.29 Å². The van der Waals surface area contributed by atoms with Crippen LogP contribution in [0.25, 0.3) is 0 Å². The molecule has 0 radical (unpaired) electrons. The fourth-order valence-electron chi connectivity index (χ4n) is 2.11. The molecule has 1 aromatic rings. The first kappa shape index (κ1) is 11.1. The van der Waals surface area contributed by atoms with Crippen LogP contribution in [0.15, 0.2) is 24.3 Å². The molecule has 1 atom stereocenters. The van der Waals surface area contributed by atoms with Crippen LogP contribution in [0.3, 0.4) is 0 Å². The third-order valence-electron chi connectivity index (χ3n) is 2.99. The second kappa shape index (κ2) is 5.12. The van der Waals surface area contributed by atoms with Crippen molar-refractivity contribution in [3.05, 3.63) is 29.8 Å². The highest BCUT2D eigenvalue weighted by Gasteiger charge is 2.15. The predicted octanol–water partition coefficient (Wildman–Crippen LogP) is 1.23. The van der Waals surface area contributed by atoms with Gasteiger partial charge in [-0.3, -0.25) is 0 Å². The molecule has 0 aromatic heterocycles. The molecule has 1 N–H and O–H groups in total. The minimum atomic E-state index is 0.512. The third-order valence-corrected chi connectivity index (χ3v) is 2.99. The van der Waals surface area contributed by atoms with Gasteiger partial charge < -0.3 is 15.0 Å². The van der Waals surface area contributed by atoms with Crippen LogP contribution < -0.4 is 10.2 Å². The number of piperazine rings is 1. The highest BCUT2D eigenvalue weighted by molar-refractivity contribution is 5.57. The number of carbonyl (C=O) groups excluding carboxylic acids is 1. The highest BCUT2D eigenvalue weighted by atomic mass is 16.1. The lowest BCUT2D eigenvalue weighted by atomic mass is 10.1. The Morgan fingerprint density at radius 3 is 2.81 bits per heavy atom. The SMILES string of the molecule is C[C@@H]1CN(c2ccc(CC=O)cc2)CCN1. The first-order chi connectivity index (χ1) is 7.79. The topological polar surface area (TPSA) is 32.3 Å². The number of hydrogen-bond acceptors (Lipinski definition) is 3. The molecule has 1 aromatic carbocycles. The van der Waals surface area contributed by atoms with Crippen LogP contribution in [-0.2, 0) is 11.2 Å². The van der Waals surface area contributed by atoms with E-state index in [4.69, 9.17) is 0 Å². The van der Waals surface area contributed by atoms with E-state index in [-0.39, 0.29) is 0 Å². The summed E-state index contributed by atoms with van der Waals surface area (Å²) in [5.74, 6) is 0. The molecule has 1 aliphatic heterocycles. The molecular weight excluding hydrogens is 200 g/mol. The Balaban J connectivity index is 2.05. The lowest BCUT2D eigenvalue weighted by Gasteiger charge is -2.33. The molecule has 0 spiro atoms. The van der Waals surface area contributed by atoms with Crippen molar-refractivity contribution in [2.45, 2.75) is 19.4 Å². The number of anilines is 1. The largest absolute Gasteiger partial charge is 0.369 e. The van der Waals surface area contributed by atoms with Gasteiger partial charge in [-0.1, -0.05) is 12.1 Å². The number of rotatable bonds is 3.